The van der Waals surface area contributed by atoms with E-state index in [0.717, 1.165) is 43.5 Å². The molecule has 4 N–H and O–H groups in total. The minimum atomic E-state index is -3.50. The first-order chi connectivity index (χ1) is 9.21. The Balaban J connectivity index is 2.52. The molecule has 1 saturated heterocycles. The lowest BCUT2D eigenvalue weighted by Gasteiger charge is -2.31. The predicted molar refractivity (Wildman–Crippen MR) is 81.0 cm³/mol. The number of rotatable bonds is 3. The second-order valence-electron chi connectivity index (χ2n) is 5.29. The van der Waals surface area contributed by atoms with E-state index >= 15 is 0 Å². The number of nitrogen functional groups attached to an aromatic ring is 1. The number of hydrogen-bond acceptors (Lipinski definition) is 6. The number of piperidine rings is 1. The van der Waals surface area contributed by atoms with Crippen molar-refractivity contribution in [3.63, 3.8) is 0 Å². The number of nitrogens with zero attached hydrogens (tertiary/aromatic N) is 1. The first kappa shape index (κ1) is 15.1. The van der Waals surface area contributed by atoms with Crippen LogP contribution in [0.4, 0.5) is 10.7 Å². The number of anilines is 2. The van der Waals surface area contributed by atoms with Crippen LogP contribution in [0.25, 0.3) is 0 Å². The van der Waals surface area contributed by atoms with Crippen LogP contribution in [0, 0.1) is 5.92 Å². The van der Waals surface area contributed by atoms with E-state index in [1.807, 2.05) is 4.90 Å². The Morgan fingerprint density at radius 2 is 1.90 bits per heavy atom. The van der Waals surface area contributed by atoms with Crippen LogP contribution >= 0.6 is 11.3 Å². The second kappa shape index (κ2) is 5.25. The van der Waals surface area contributed by atoms with Crippen LogP contribution in [0.5, 0.6) is 0 Å². The molecule has 0 saturated carbocycles. The van der Waals surface area contributed by atoms with Gasteiger partial charge in [0.25, 0.3) is 5.91 Å². The molecule has 112 valence electrons. The Kier molecular flexibility index (Phi) is 3.97. The first-order valence-corrected chi connectivity index (χ1v) is 9.09. The fourth-order valence-corrected chi connectivity index (χ4v) is 4.99. The zero-order chi connectivity index (χ0) is 15.1. The van der Waals surface area contributed by atoms with Gasteiger partial charge in [-0.25, -0.2) is 8.42 Å². The summed E-state index contributed by atoms with van der Waals surface area (Å²) in [6.07, 6.45) is 3.09. The van der Waals surface area contributed by atoms with Crippen molar-refractivity contribution in [2.24, 2.45) is 11.7 Å². The normalized spacial score (nSPS) is 17.4. The van der Waals surface area contributed by atoms with Gasteiger partial charge in [-0.3, -0.25) is 4.79 Å². The molecule has 20 heavy (non-hydrogen) atoms. The van der Waals surface area contributed by atoms with Gasteiger partial charge in [0.1, 0.15) is 14.8 Å². The zero-order valence-corrected chi connectivity index (χ0v) is 13.2. The molecular formula is C12H19N3O3S2. The maximum absolute atomic E-state index is 12.0. The van der Waals surface area contributed by atoms with Gasteiger partial charge in [0.15, 0.2) is 9.84 Å². The van der Waals surface area contributed by atoms with E-state index in [9.17, 15) is 13.2 Å². The van der Waals surface area contributed by atoms with Crippen molar-refractivity contribution in [2.75, 3.05) is 30.0 Å². The van der Waals surface area contributed by atoms with Crippen molar-refractivity contribution in [3.8, 4) is 0 Å². The maximum Gasteiger partial charge on any atom is 0.261 e. The standard InChI is InChI=1S/C12H19N3O3S2/c1-7-3-5-15(6-4-7)12-10(20(2,17)18)8(13)9(19-12)11(14)16/h7H,3-6,13H2,1-2H3,(H2,14,16). The van der Waals surface area contributed by atoms with Crippen molar-refractivity contribution < 1.29 is 13.2 Å². The lowest BCUT2D eigenvalue weighted by Crippen LogP contribution is -2.33. The first-order valence-electron chi connectivity index (χ1n) is 6.39. The van der Waals surface area contributed by atoms with Crippen LogP contribution in [0.3, 0.4) is 0 Å². The van der Waals surface area contributed by atoms with Crippen LogP contribution in [0.1, 0.15) is 29.4 Å². The van der Waals surface area contributed by atoms with E-state index in [-0.39, 0.29) is 15.5 Å². The Hall–Kier alpha value is -1.28. The SMILES string of the molecule is CC1CCN(c2sc(C(N)=O)c(N)c2S(C)(=O)=O)CC1. The molecule has 1 amide bonds. The average Bonchev–Trinajstić information content (AvgIpc) is 2.67. The lowest BCUT2D eigenvalue weighted by molar-refractivity contribution is 0.100. The van der Waals surface area contributed by atoms with Crippen LogP contribution in [0.2, 0.25) is 0 Å². The molecule has 0 aliphatic carbocycles. The Morgan fingerprint density at radius 3 is 2.35 bits per heavy atom. The summed E-state index contributed by atoms with van der Waals surface area (Å²) in [4.78, 5) is 13.5. The Bertz CT molecular complexity index is 629. The van der Waals surface area contributed by atoms with Crippen molar-refractivity contribution >= 4 is 37.8 Å². The molecule has 0 aromatic carbocycles. The van der Waals surface area contributed by atoms with E-state index in [2.05, 4.69) is 6.92 Å². The summed E-state index contributed by atoms with van der Waals surface area (Å²) in [5, 5.41) is 0.547. The third-order valence-electron chi connectivity index (χ3n) is 3.55. The summed E-state index contributed by atoms with van der Waals surface area (Å²) >= 11 is 1.08. The number of sulfone groups is 1. The summed E-state index contributed by atoms with van der Waals surface area (Å²) in [6, 6.07) is 0. The quantitative estimate of drug-likeness (QED) is 0.867. The number of amides is 1. The van der Waals surface area contributed by atoms with E-state index in [4.69, 9.17) is 11.5 Å². The van der Waals surface area contributed by atoms with Crippen LogP contribution in [-0.4, -0.2) is 33.7 Å². The minimum Gasteiger partial charge on any atom is -0.396 e. The van der Waals surface area contributed by atoms with Crippen LogP contribution < -0.4 is 16.4 Å². The van der Waals surface area contributed by atoms with Gasteiger partial charge in [-0.2, -0.15) is 0 Å². The van der Waals surface area contributed by atoms with Gasteiger partial charge in [0.2, 0.25) is 0 Å². The molecule has 2 rings (SSSR count). The summed E-state index contributed by atoms with van der Waals surface area (Å²) in [5.41, 5.74) is 11.1. The number of nitrogens with two attached hydrogens (primary N) is 2. The highest BCUT2D eigenvalue weighted by Crippen LogP contribution is 2.42. The fourth-order valence-electron chi connectivity index (χ4n) is 2.38. The smallest absolute Gasteiger partial charge is 0.261 e. The monoisotopic (exact) mass is 317 g/mol. The molecular weight excluding hydrogens is 298 g/mol. The van der Waals surface area contributed by atoms with Gasteiger partial charge in [0.05, 0.1) is 5.69 Å². The van der Waals surface area contributed by atoms with Crippen LogP contribution in [0.15, 0.2) is 4.90 Å². The lowest BCUT2D eigenvalue weighted by atomic mass is 9.99. The maximum atomic E-state index is 12.0. The molecule has 6 nitrogen and oxygen atoms in total. The second-order valence-corrected chi connectivity index (χ2v) is 8.24. The number of carbonyl (C=O) groups is 1. The number of carbonyl (C=O) groups excluding carboxylic acids is 1. The number of primary amides is 1. The summed E-state index contributed by atoms with van der Waals surface area (Å²) in [5.74, 6) is -0.0603. The molecule has 8 heteroatoms. The summed E-state index contributed by atoms with van der Waals surface area (Å²) in [6.45, 7) is 3.70. The molecule has 1 aliphatic rings. The minimum absolute atomic E-state index is 0.0152. The van der Waals surface area contributed by atoms with E-state index in [1.54, 1.807) is 0 Å². The molecule has 0 bridgehead atoms. The van der Waals surface area contributed by atoms with Crippen molar-refractivity contribution in [3.05, 3.63) is 4.88 Å². The zero-order valence-electron chi connectivity index (χ0n) is 11.5. The van der Waals surface area contributed by atoms with E-state index in [0.29, 0.717) is 10.9 Å². The highest BCUT2D eigenvalue weighted by atomic mass is 32.2. The molecule has 1 fully saturated rings. The summed E-state index contributed by atoms with van der Waals surface area (Å²) < 4.78 is 23.9. The molecule has 0 spiro atoms. The summed E-state index contributed by atoms with van der Waals surface area (Å²) in [7, 11) is -3.50. The molecule has 2 heterocycles. The number of thiophene rings is 1. The van der Waals surface area contributed by atoms with Crippen molar-refractivity contribution in [2.45, 2.75) is 24.7 Å². The van der Waals surface area contributed by atoms with Crippen LogP contribution in [-0.2, 0) is 9.84 Å². The van der Waals surface area contributed by atoms with Gasteiger partial charge in [-0.05, 0) is 18.8 Å². The third kappa shape index (κ3) is 2.76. The molecule has 0 radical (unpaired) electrons. The topological polar surface area (TPSA) is 106 Å². The molecule has 0 unspecified atom stereocenters. The van der Waals surface area contributed by atoms with E-state index < -0.39 is 15.7 Å². The molecule has 1 aliphatic heterocycles. The fraction of sp³-hybridized carbons (Fsp3) is 0.583. The van der Waals surface area contributed by atoms with E-state index in [1.165, 1.54) is 0 Å². The molecule has 1 aromatic heterocycles. The van der Waals surface area contributed by atoms with Gasteiger partial charge in [-0.1, -0.05) is 6.92 Å². The average molecular weight is 317 g/mol. The number of hydrogen-bond donors (Lipinski definition) is 2. The highest BCUT2D eigenvalue weighted by molar-refractivity contribution is 7.91. The third-order valence-corrected chi connectivity index (χ3v) is 6.11. The molecule has 1 aromatic rings. The van der Waals surface area contributed by atoms with Gasteiger partial charge < -0.3 is 16.4 Å². The van der Waals surface area contributed by atoms with Gasteiger partial charge in [-0.15, -0.1) is 11.3 Å². The Labute approximate surface area is 122 Å². The largest absolute Gasteiger partial charge is 0.396 e. The van der Waals surface area contributed by atoms with Crippen molar-refractivity contribution in [1.82, 2.24) is 0 Å². The highest BCUT2D eigenvalue weighted by Gasteiger charge is 2.30. The Morgan fingerprint density at radius 1 is 1.35 bits per heavy atom. The van der Waals surface area contributed by atoms with Gasteiger partial charge in [0, 0.05) is 19.3 Å². The van der Waals surface area contributed by atoms with Gasteiger partial charge >= 0.3 is 0 Å². The van der Waals surface area contributed by atoms with Crippen molar-refractivity contribution in [1.29, 1.82) is 0 Å². The predicted octanol–water partition coefficient (Wildman–Crippen LogP) is 1.07. The molecule has 0 atom stereocenters.